The lowest BCUT2D eigenvalue weighted by molar-refractivity contribution is -0.0219. The van der Waals surface area contributed by atoms with Gasteiger partial charge in [-0.15, -0.1) is 6.42 Å². The van der Waals surface area contributed by atoms with Gasteiger partial charge in [-0.25, -0.2) is 0 Å². The largest absolute Gasteiger partial charge is 0.497 e. The molecule has 2 nitrogen and oxygen atoms in total. The van der Waals surface area contributed by atoms with Gasteiger partial charge in [0.15, 0.2) is 0 Å². The van der Waals surface area contributed by atoms with Crippen LogP contribution < -0.4 is 4.74 Å². The highest BCUT2D eigenvalue weighted by Gasteiger charge is 2.56. The molecule has 0 unspecified atom stereocenters. The summed E-state index contributed by atoms with van der Waals surface area (Å²) in [4.78, 5) is 0. The molecule has 0 aliphatic heterocycles. The maximum absolute atomic E-state index is 10.9. The van der Waals surface area contributed by atoms with Gasteiger partial charge < -0.3 is 9.84 Å². The predicted octanol–water partition coefficient (Wildman–Crippen LogP) is 3.77. The van der Waals surface area contributed by atoms with Crippen LogP contribution in [0.5, 0.6) is 5.75 Å². The maximum Gasteiger partial charge on any atom is 0.128 e. The highest BCUT2D eigenvalue weighted by atomic mass is 16.5. The SMILES string of the molecule is C#C[C@]1(O)CC[C@H]2[C@@H]3CCc4cc(OC)ccc4[C@@H]3C[C@@H](C)[C@@H]21. The van der Waals surface area contributed by atoms with Crippen LogP contribution in [-0.2, 0) is 6.42 Å². The van der Waals surface area contributed by atoms with Crippen molar-refractivity contribution in [2.75, 3.05) is 7.11 Å². The third kappa shape index (κ3) is 2.13. The first kappa shape index (κ1) is 15.1. The zero-order valence-corrected chi connectivity index (χ0v) is 14.1. The monoisotopic (exact) mass is 310 g/mol. The molecular formula is C21H26O2. The van der Waals surface area contributed by atoms with Crippen LogP contribution in [0.3, 0.4) is 0 Å². The lowest BCUT2D eigenvalue weighted by atomic mass is 9.56. The summed E-state index contributed by atoms with van der Waals surface area (Å²) in [5.41, 5.74) is 2.11. The Kier molecular flexibility index (Phi) is 3.46. The molecule has 3 aliphatic carbocycles. The van der Waals surface area contributed by atoms with Crippen LogP contribution in [0.4, 0.5) is 0 Å². The Balaban J connectivity index is 1.70. The van der Waals surface area contributed by atoms with E-state index in [4.69, 9.17) is 11.2 Å². The standard InChI is InChI=1S/C21H26O2/c1-4-21(22)10-9-18-17-7-5-14-12-15(23-3)6-8-16(14)19(17)11-13(2)20(18)21/h1,6,8,12-13,17-20,22H,5,7,9-11H2,2-3H3/t13-,17+,18+,19+,20+,21+/m1/s1. The minimum absolute atomic E-state index is 0.286. The number of rotatable bonds is 1. The minimum atomic E-state index is -0.866. The maximum atomic E-state index is 10.9. The average molecular weight is 310 g/mol. The normalized spacial score (nSPS) is 41.4. The van der Waals surface area contributed by atoms with Crippen molar-refractivity contribution in [3.8, 4) is 18.1 Å². The van der Waals surface area contributed by atoms with E-state index in [1.807, 2.05) is 0 Å². The van der Waals surface area contributed by atoms with Crippen molar-refractivity contribution in [1.29, 1.82) is 0 Å². The molecule has 1 aromatic rings. The van der Waals surface area contributed by atoms with Crippen LogP contribution >= 0.6 is 0 Å². The van der Waals surface area contributed by atoms with E-state index in [0.29, 0.717) is 23.7 Å². The zero-order chi connectivity index (χ0) is 16.2. The number of aryl methyl sites for hydroxylation is 1. The Labute approximate surface area is 139 Å². The predicted molar refractivity (Wildman–Crippen MR) is 91.3 cm³/mol. The second-order valence-electron chi connectivity index (χ2n) is 7.88. The molecule has 2 saturated carbocycles. The highest BCUT2D eigenvalue weighted by molar-refractivity contribution is 5.41. The molecule has 0 radical (unpaired) electrons. The van der Waals surface area contributed by atoms with Crippen molar-refractivity contribution in [2.24, 2.45) is 23.7 Å². The fraction of sp³-hybridized carbons (Fsp3) is 0.619. The molecular weight excluding hydrogens is 284 g/mol. The topological polar surface area (TPSA) is 29.5 Å². The zero-order valence-electron chi connectivity index (χ0n) is 14.1. The van der Waals surface area contributed by atoms with Crippen molar-refractivity contribution >= 4 is 0 Å². The van der Waals surface area contributed by atoms with E-state index < -0.39 is 5.60 Å². The Hall–Kier alpha value is -1.46. The number of aliphatic hydroxyl groups is 1. The Morgan fingerprint density at radius 3 is 2.87 bits per heavy atom. The quantitative estimate of drug-likeness (QED) is 0.800. The van der Waals surface area contributed by atoms with Crippen molar-refractivity contribution < 1.29 is 9.84 Å². The molecule has 0 saturated heterocycles. The van der Waals surface area contributed by atoms with Crippen LogP contribution in [0, 0.1) is 36.0 Å². The fourth-order valence-electron chi connectivity index (χ4n) is 6.03. The lowest BCUT2D eigenvalue weighted by Gasteiger charge is -2.49. The summed E-state index contributed by atoms with van der Waals surface area (Å²) in [6.07, 6.45) is 11.1. The lowest BCUT2D eigenvalue weighted by Crippen LogP contribution is -2.46. The van der Waals surface area contributed by atoms with Gasteiger partial charge in [0, 0.05) is 5.92 Å². The molecule has 0 amide bonds. The first-order chi connectivity index (χ1) is 11.1. The Bertz CT molecular complexity index is 658. The first-order valence-electron chi connectivity index (χ1n) is 8.94. The summed E-state index contributed by atoms with van der Waals surface area (Å²) in [5, 5.41) is 10.9. The summed E-state index contributed by atoms with van der Waals surface area (Å²) in [6, 6.07) is 6.60. The smallest absolute Gasteiger partial charge is 0.128 e. The van der Waals surface area contributed by atoms with Gasteiger partial charge in [-0.2, -0.15) is 0 Å². The molecule has 0 spiro atoms. The number of benzene rings is 1. The van der Waals surface area contributed by atoms with Crippen LogP contribution in [0.25, 0.3) is 0 Å². The van der Waals surface area contributed by atoms with Crippen molar-refractivity contribution in [3.05, 3.63) is 29.3 Å². The number of methoxy groups -OCH3 is 1. The number of fused-ring (bicyclic) bond motifs is 5. The van der Waals surface area contributed by atoms with E-state index in [-0.39, 0.29) is 5.92 Å². The molecule has 3 aliphatic rings. The third-order valence-electron chi connectivity index (χ3n) is 6.92. The van der Waals surface area contributed by atoms with Gasteiger partial charge in [0.05, 0.1) is 7.11 Å². The molecule has 122 valence electrons. The van der Waals surface area contributed by atoms with E-state index in [9.17, 15) is 5.11 Å². The summed E-state index contributed by atoms with van der Waals surface area (Å²) in [6.45, 7) is 2.29. The molecule has 1 aromatic carbocycles. The van der Waals surface area contributed by atoms with Crippen LogP contribution in [0.2, 0.25) is 0 Å². The molecule has 2 fully saturated rings. The number of hydrogen-bond donors (Lipinski definition) is 1. The van der Waals surface area contributed by atoms with Gasteiger partial charge >= 0.3 is 0 Å². The van der Waals surface area contributed by atoms with Gasteiger partial charge in [-0.1, -0.05) is 18.9 Å². The second-order valence-corrected chi connectivity index (χ2v) is 7.88. The minimum Gasteiger partial charge on any atom is -0.497 e. The summed E-state index contributed by atoms with van der Waals surface area (Å²) in [5.74, 6) is 6.36. The second kappa shape index (κ2) is 5.28. The molecule has 0 bridgehead atoms. The molecule has 0 aromatic heterocycles. The third-order valence-corrected chi connectivity index (χ3v) is 6.92. The van der Waals surface area contributed by atoms with Gasteiger partial charge in [0.1, 0.15) is 11.4 Å². The molecule has 2 heteroatoms. The Morgan fingerprint density at radius 1 is 1.30 bits per heavy atom. The van der Waals surface area contributed by atoms with E-state index in [2.05, 4.69) is 31.0 Å². The highest BCUT2D eigenvalue weighted by Crippen LogP contribution is 2.59. The van der Waals surface area contributed by atoms with Crippen LogP contribution in [0.1, 0.15) is 49.7 Å². The summed E-state index contributed by atoms with van der Waals surface area (Å²) < 4.78 is 5.39. The number of ether oxygens (including phenoxy) is 1. The van der Waals surface area contributed by atoms with Crippen molar-refractivity contribution in [3.63, 3.8) is 0 Å². The van der Waals surface area contributed by atoms with E-state index in [1.54, 1.807) is 7.11 Å². The molecule has 0 heterocycles. The summed E-state index contributed by atoms with van der Waals surface area (Å²) >= 11 is 0. The van der Waals surface area contributed by atoms with E-state index >= 15 is 0 Å². The van der Waals surface area contributed by atoms with Crippen molar-refractivity contribution in [2.45, 2.75) is 50.5 Å². The summed E-state index contributed by atoms with van der Waals surface area (Å²) in [7, 11) is 1.74. The van der Waals surface area contributed by atoms with Crippen LogP contribution in [-0.4, -0.2) is 17.8 Å². The van der Waals surface area contributed by atoms with Gasteiger partial charge in [-0.3, -0.25) is 0 Å². The molecule has 23 heavy (non-hydrogen) atoms. The average Bonchev–Trinajstić information content (AvgIpc) is 2.93. The van der Waals surface area contributed by atoms with E-state index in [0.717, 1.165) is 31.4 Å². The molecule has 1 N–H and O–H groups in total. The first-order valence-corrected chi connectivity index (χ1v) is 8.94. The van der Waals surface area contributed by atoms with Gasteiger partial charge in [-0.05, 0) is 79.0 Å². The molecule has 6 atom stereocenters. The van der Waals surface area contributed by atoms with Crippen molar-refractivity contribution in [1.82, 2.24) is 0 Å². The van der Waals surface area contributed by atoms with Crippen LogP contribution in [0.15, 0.2) is 18.2 Å². The van der Waals surface area contributed by atoms with E-state index in [1.165, 1.54) is 17.5 Å². The molecule has 4 rings (SSSR count). The van der Waals surface area contributed by atoms with Gasteiger partial charge in [0.2, 0.25) is 0 Å². The van der Waals surface area contributed by atoms with Gasteiger partial charge in [0.25, 0.3) is 0 Å². The number of terminal acetylenes is 1. The number of hydrogen-bond acceptors (Lipinski definition) is 2. The fourth-order valence-corrected chi connectivity index (χ4v) is 6.03. The Morgan fingerprint density at radius 2 is 2.13 bits per heavy atom.